The predicted molar refractivity (Wildman–Crippen MR) is 80.7 cm³/mol. The van der Waals surface area contributed by atoms with E-state index in [0.717, 1.165) is 16.7 Å². The van der Waals surface area contributed by atoms with Crippen molar-refractivity contribution in [3.8, 4) is 11.1 Å². The monoisotopic (exact) mass is 278 g/mol. The van der Waals surface area contributed by atoms with Crippen molar-refractivity contribution >= 4 is 11.9 Å². The van der Waals surface area contributed by atoms with E-state index in [2.05, 4.69) is 10.3 Å². The SMILES string of the molecule is O=C(Cc1ccccc1-c1ccccc1)Nc1ncco1. The molecule has 0 fully saturated rings. The Morgan fingerprint density at radius 1 is 1.05 bits per heavy atom. The molecule has 0 unspecified atom stereocenters. The predicted octanol–water partition coefficient (Wildman–Crippen LogP) is 3.52. The molecule has 1 amide bonds. The third-order valence-electron chi connectivity index (χ3n) is 3.13. The van der Waals surface area contributed by atoms with Crippen molar-refractivity contribution < 1.29 is 9.21 Å². The second-order valence-corrected chi connectivity index (χ2v) is 4.59. The molecule has 21 heavy (non-hydrogen) atoms. The Bertz CT molecular complexity index is 722. The molecule has 2 aromatic carbocycles. The Morgan fingerprint density at radius 3 is 2.57 bits per heavy atom. The summed E-state index contributed by atoms with van der Waals surface area (Å²) >= 11 is 0. The van der Waals surface area contributed by atoms with E-state index in [1.54, 1.807) is 0 Å². The molecule has 0 spiro atoms. The largest absolute Gasteiger partial charge is 0.432 e. The Hall–Kier alpha value is -2.88. The summed E-state index contributed by atoms with van der Waals surface area (Å²) in [6.45, 7) is 0. The minimum atomic E-state index is -0.152. The third-order valence-corrected chi connectivity index (χ3v) is 3.13. The molecule has 0 saturated heterocycles. The van der Waals surface area contributed by atoms with E-state index in [1.807, 2.05) is 54.6 Å². The van der Waals surface area contributed by atoms with E-state index in [1.165, 1.54) is 12.5 Å². The quantitative estimate of drug-likeness (QED) is 0.794. The van der Waals surface area contributed by atoms with E-state index >= 15 is 0 Å². The molecule has 0 radical (unpaired) electrons. The highest BCUT2D eigenvalue weighted by atomic mass is 16.4. The van der Waals surface area contributed by atoms with Crippen LogP contribution in [0.15, 0.2) is 71.5 Å². The summed E-state index contributed by atoms with van der Waals surface area (Å²) in [5, 5.41) is 2.63. The van der Waals surface area contributed by atoms with Gasteiger partial charge in [-0.3, -0.25) is 10.1 Å². The molecule has 0 aliphatic rings. The van der Waals surface area contributed by atoms with Crippen LogP contribution in [0.5, 0.6) is 0 Å². The molecule has 1 aromatic heterocycles. The van der Waals surface area contributed by atoms with Gasteiger partial charge in [-0.05, 0) is 16.7 Å². The summed E-state index contributed by atoms with van der Waals surface area (Å²) in [6.07, 6.45) is 3.19. The van der Waals surface area contributed by atoms with Gasteiger partial charge < -0.3 is 4.42 Å². The lowest BCUT2D eigenvalue weighted by molar-refractivity contribution is -0.115. The van der Waals surface area contributed by atoms with Crippen LogP contribution in [0.4, 0.5) is 6.01 Å². The Morgan fingerprint density at radius 2 is 1.81 bits per heavy atom. The van der Waals surface area contributed by atoms with Gasteiger partial charge in [0.1, 0.15) is 6.26 Å². The molecule has 0 atom stereocenters. The third kappa shape index (κ3) is 3.17. The van der Waals surface area contributed by atoms with Gasteiger partial charge >= 0.3 is 6.01 Å². The number of nitrogens with one attached hydrogen (secondary N) is 1. The first-order valence-corrected chi connectivity index (χ1v) is 6.65. The number of carbonyl (C=O) groups is 1. The fourth-order valence-electron chi connectivity index (χ4n) is 2.20. The number of amides is 1. The second-order valence-electron chi connectivity index (χ2n) is 4.59. The number of aromatic nitrogens is 1. The van der Waals surface area contributed by atoms with Crippen molar-refractivity contribution in [3.05, 3.63) is 72.6 Å². The first-order valence-electron chi connectivity index (χ1n) is 6.65. The van der Waals surface area contributed by atoms with Gasteiger partial charge in [-0.2, -0.15) is 0 Å². The molecule has 1 N–H and O–H groups in total. The molecule has 0 bridgehead atoms. The molecule has 3 aromatic rings. The standard InChI is InChI=1S/C17H14N2O2/c20-16(19-17-18-10-11-21-17)12-14-8-4-5-9-15(14)13-6-2-1-3-7-13/h1-11H,12H2,(H,18,19,20). The molecule has 0 aliphatic heterocycles. The first-order chi connectivity index (χ1) is 10.3. The zero-order valence-electron chi connectivity index (χ0n) is 11.3. The zero-order chi connectivity index (χ0) is 14.5. The summed E-state index contributed by atoms with van der Waals surface area (Å²) in [5.41, 5.74) is 3.12. The minimum Gasteiger partial charge on any atom is -0.432 e. The maximum Gasteiger partial charge on any atom is 0.301 e. The van der Waals surface area contributed by atoms with Crippen LogP contribution >= 0.6 is 0 Å². The molecule has 4 heteroatoms. The lowest BCUT2D eigenvalue weighted by Crippen LogP contribution is -2.15. The second kappa shape index (κ2) is 6.05. The molecule has 0 saturated carbocycles. The van der Waals surface area contributed by atoms with Crippen LogP contribution in [0.1, 0.15) is 5.56 Å². The summed E-state index contributed by atoms with van der Waals surface area (Å²) in [6, 6.07) is 18.1. The van der Waals surface area contributed by atoms with Gasteiger partial charge in [0.15, 0.2) is 0 Å². The highest BCUT2D eigenvalue weighted by Crippen LogP contribution is 2.23. The molecule has 4 nitrogen and oxygen atoms in total. The van der Waals surface area contributed by atoms with Crippen LogP contribution in [0.2, 0.25) is 0 Å². The number of hydrogen-bond donors (Lipinski definition) is 1. The summed E-state index contributed by atoms with van der Waals surface area (Å²) in [5.74, 6) is -0.152. The van der Waals surface area contributed by atoms with Crippen LogP contribution in [0, 0.1) is 0 Å². The highest BCUT2D eigenvalue weighted by molar-refractivity contribution is 5.91. The Labute approximate surface area is 122 Å². The van der Waals surface area contributed by atoms with Gasteiger partial charge in [-0.1, -0.05) is 54.6 Å². The molecular formula is C17H14N2O2. The van der Waals surface area contributed by atoms with Gasteiger partial charge in [-0.15, -0.1) is 0 Å². The normalized spacial score (nSPS) is 10.3. The topological polar surface area (TPSA) is 55.1 Å². The van der Waals surface area contributed by atoms with Crippen LogP contribution in [0.25, 0.3) is 11.1 Å². The Balaban J connectivity index is 1.81. The van der Waals surface area contributed by atoms with Crippen LogP contribution in [-0.2, 0) is 11.2 Å². The minimum absolute atomic E-state index is 0.152. The van der Waals surface area contributed by atoms with Gasteiger partial charge in [0.2, 0.25) is 5.91 Å². The summed E-state index contributed by atoms with van der Waals surface area (Å²) in [7, 11) is 0. The lowest BCUT2D eigenvalue weighted by Gasteiger charge is -2.09. The number of carbonyl (C=O) groups excluding carboxylic acids is 1. The number of anilines is 1. The van der Waals surface area contributed by atoms with Crippen LogP contribution < -0.4 is 5.32 Å². The van der Waals surface area contributed by atoms with Crippen molar-refractivity contribution in [3.63, 3.8) is 0 Å². The molecule has 0 aliphatic carbocycles. The molecule has 3 rings (SSSR count). The number of oxazole rings is 1. The molecule has 1 heterocycles. The molecular weight excluding hydrogens is 264 g/mol. The van der Waals surface area contributed by atoms with Crippen molar-refractivity contribution in [1.29, 1.82) is 0 Å². The van der Waals surface area contributed by atoms with Gasteiger partial charge in [0, 0.05) is 0 Å². The first kappa shape index (κ1) is 13.1. The zero-order valence-corrected chi connectivity index (χ0v) is 11.3. The summed E-state index contributed by atoms with van der Waals surface area (Å²) < 4.78 is 5.01. The van der Waals surface area contributed by atoms with Crippen LogP contribution in [0.3, 0.4) is 0 Å². The average Bonchev–Trinajstić information content (AvgIpc) is 3.01. The van der Waals surface area contributed by atoms with Gasteiger partial charge in [-0.25, -0.2) is 4.98 Å². The maximum atomic E-state index is 12.1. The Kier molecular flexibility index (Phi) is 3.78. The van der Waals surface area contributed by atoms with Crippen molar-refractivity contribution in [2.24, 2.45) is 0 Å². The average molecular weight is 278 g/mol. The van der Waals surface area contributed by atoms with E-state index in [-0.39, 0.29) is 18.3 Å². The lowest BCUT2D eigenvalue weighted by atomic mass is 9.97. The van der Waals surface area contributed by atoms with Crippen molar-refractivity contribution in [2.45, 2.75) is 6.42 Å². The fourth-order valence-corrected chi connectivity index (χ4v) is 2.20. The highest BCUT2D eigenvalue weighted by Gasteiger charge is 2.10. The maximum absolute atomic E-state index is 12.1. The molecule has 104 valence electrons. The van der Waals surface area contributed by atoms with E-state index < -0.39 is 0 Å². The number of rotatable bonds is 4. The van der Waals surface area contributed by atoms with E-state index in [0.29, 0.717) is 0 Å². The smallest absolute Gasteiger partial charge is 0.301 e. The summed E-state index contributed by atoms with van der Waals surface area (Å²) in [4.78, 5) is 15.9. The fraction of sp³-hybridized carbons (Fsp3) is 0.0588. The van der Waals surface area contributed by atoms with Gasteiger partial charge in [0.25, 0.3) is 0 Å². The van der Waals surface area contributed by atoms with Crippen molar-refractivity contribution in [1.82, 2.24) is 4.98 Å². The van der Waals surface area contributed by atoms with Crippen molar-refractivity contribution in [2.75, 3.05) is 5.32 Å². The number of hydrogen-bond acceptors (Lipinski definition) is 3. The van der Waals surface area contributed by atoms with Crippen LogP contribution in [-0.4, -0.2) is 10.9 Å². The van der Waals surface area contributed by atoms with E-state index in [9.17, 15) is 4.79 Å². The van der Waals surface area contributed by atoms with Gasteiger partial charge in [0.05, 0.1) is 12.6 Å². The number of benzene rings is 2. The number of nitrogens with zero attached hydrogens (tertiary/aromatic N) is 1. The van der Waals surface area contributed by atoms with E-state index in [4.69, 9.17) is 4.42 Å².